The van der Waals surface area contributed by atoms with Gasteiger partial charge in [-0.1, -0.05) is 24.3 Å². The fourth-order valence-electron chi connectivity index (χ4n) is 5.30. The van der Waals surface area contributed by atoms with Crippen molar-refractivity contribution in [1.29, 1.82) is 0 Å². The fourth-order valence-corrected chi connectivity index (χ4v) is 5.30. The highest BCUT2D eigenvalue weighted by Gasteiger charge is 2.49. The van der Waals surface area contributed by atoms with Crippen LogP contribution in [-0.4, -0.2) is 41.6 Å². The Bertz CT molecular complexity index is 1170. The Morgan fingerprint density at radius 3 is 2.31 bits per heavy atom. The molecule has 1 fully saturated rings. The predicted octanol–water partition coefficient (Wildman–Crippen LogP) is 5.89. The van der Waals surface area contributed by atoms with Gasteiger partial charge in [0.2, 0.25) is 5.91 Å². The van der Waals surface area contributed by atoms with E-state index in [1.54, 1.807) is 4.90 Å². The second kappa shape index (κ2) is 8.28. The Kier molecular flexibility index (Phi) is 5.94. The van der Waals surface area contributed by atoms with Crippen LogP contribution in [0.1, 0.15) is 70.7 Å². The number of fused-ring (bicyclic) bond motifs is 1. The lowest BCUT2D eigenvalue weighted by molar-refractivity contribution is -0.122. The quantitative estimate of drug-likeness (QED) is 0.596. The van der Waals surface area contributed by atoms with E-state index >= 15 is 0 Å². The van der Waals surface area contributed by atoms with Crippen molar-refractivity contribution < 1.29 is 14.3 Å². The largest absolute Gasteiger partial charge is 0.444 e. The molecule has 0 aromatic heterocycles. The molecule has 0 radical (unpaired) electrons. The Hall–Kier alpha value is -3.02. The summed E-state index contributed by atoms with van der Waals surface area (Å²) < 4.78 is 5.63. The van der Waals surface area contributed by atoms with Crippen molar-refractivity contribution in [1.82, 2.24) is 4.90 Å². The molecule has 0 bridgehead atoms. The van der Waals surface area contributed by atoms with E-state index < -0.39 is 16.6 Å². The summed E-state index contributed by atoms with van der Waals surface area (Å²) in [4.78, 5) is 29.6. The summed E-state index contributed by atoms with van der Waals surface area (Å²) in [6, 6.07) is 12.6. The number of amides is 2. The highest BCUT2D eigenvalue weighted by Crippen LogP contribution is 2.45. The number of carbonyl (C=O) groups excluding carboxylic acids is 2. The molecular formula is C29H39N3O3. The van der Waals surface area contributed by atoms with E-state index in [-0.39, 0.29) is 18.0 Å². The van der Waals surface area contributed by atoms with Crippen molar-refractivity contribution in [2.24, 2.45) is 0 Å². The van der Waals surface area contributed by atoms with Gasteiger partial charge in [-0.05, 0) is 96.7 Å². The van der Waals surface area contributed by atoms with Crippen LogP contribution >= 0.6 is 0 Å². The van der Waals surface area contributed by atoms with Crippen LogP contribution in [0.5, 0.6) is 0 Å². The second-order valence-corrected chi connectivity index (χ2v) is 11.9. The fraction of sp³-hybridized carbons (Fsp3) is 0.517. The summed E-state index contributed by atoms with van der Waals surface area (Å²) in [5, 5.41) is 3.77. The normalized spacial score (nSPS) is 18.4. The Balaban J connectivity index is 1.71. The standard InChI is InChI=1S/C29H39N3O3/c1-18(2)32-24-15-21(13-14-23(24)28(8,9)25(32)33)30-29(22-12-10-11-19(3)20(22)4)16-31(17-29)26(34)35-27(5,6)7/h10-15,18,30H,16-17H2,1-9H3. The van der Waals surface area contributed by atoms with Crippen molar-refractivity contribution >= 4 is 23.4 Å². The molecule has 0 unspecified atom stereocenters. The number of likely N-dealkylation sites (tertiary alicyclic amines) is 1. The number of anilines is 2. The Labute approximate surface area is 209 Å². The monoisotopic (exact) mass is 477 g/mol. The van der Waals surface area contributed by atoms with E-state index in [1.165, 1.54) is 16.7 Å². The minimum Gasteiger partial charge on any atom is -0.444 e. The number of rotatable bonds is 4. The van der Waals surface area contributed by atoms with Gasteiger partial charge < -0.3 is 19.9 Å². The maximum absolute atomic E-state index is 13.2. The first-order valence-electron chi connectivity index (χ1n) is 12.5. The topological polar surface area (TPSA) is 61.9 Å². The first-order chi connectivity index (χ1) is 16.2. The molecule has 6 heteroatoms. The van der Waals surface area contributed by atoms with Crippen LogP contribution in [0.3, 0.4) is 0 Å². The van der Waals surface area contributed by atoms with Gasteiger partial charge in [0.05, 0.1) is 29.7 Å². The highest BCUT2D eigenvalue weighted by molar-refractivity contribution is 6.08. The van der Waals surface area contributed by atoms with Gasteiger partial charge in [-0.15, -0.1) is 0 Å². The first-order valence-corrected chi connectivity index (χ1v) is 12.5. The summed E-state index contributed by atoms with van der Waals surface area (Å²) in [6.45, 7) is 19.0. The number of nitrogens with zero attached hydrogens (tertiary/aromatic N) is 2. The average molecular weight is 478 g/mol. The number of hydrogen-bond acceptors (Lipinski definition) is 4. The molecule has 1 saturated heterocycles. The van der Waals surface area contributed by atoms with E-state index in [9.17, 15) is 9.59 Å². The molecular weight excluding hydrogens is 438 g/mol. The van der Waals surface area contributed by atoms with Crippen molar-refractivity contribution in [3.63, 3.8) is 0 Å². The summed E-state index contributed by atoms with van der Waals surface area (Å²) in [5.41, 5.74) is 5.01. The van der Waals surface area contributed by atoms with Crippen LogP contribution in [0.2, 0.25) is 0 Å². The number of ether oxygens (including phenoxy) is 1. The number of nitrogens with one attached hydrogen (secondary N) is 1. The molecule has 2 aliphatic rings. The maximum atomic E-state index is 13.2. The molecule has 0 aliphatic carbocycles. The lowest BCUT2D eigenvalue weighted by atomic mass is 9.79. The lowest BCUT2D eigenvalue weighted by Gasteiger charge is -2.51. The third kappa shape index (κ3) is 4.28. The predicted molar refractivity (Wildman–Crippen MR) is 141 cm³/mol. The molecule has 2 aromatic rings. The summed E-state index contributed by atoms with van der Waals surface area (Å²) in [7, 11) is 0. The summed E-state index contributed by atoms with van der Waals surface area (Å²) in [6.07, 6.45) is -0.299. The van der Waals surface area contributed by atoms with Gasteiger partial charge in [-0.2, -0.15) is 0 Å². The van der Waals surface area contributed by atoms with Gasteiger partial charge in [0, 0.05) is 11.7 Å². The number of aryl methyl sites for hydroxylation is 1. The number of hydrogen-bond donors (Lipinski definition) is 1. The summed E-state index contributed by atoms with van der Waals surface area (Å²) in [5.74, 6) is 0.128. The van der Waals surface area contributed by atoms with Crippen LogP contribution in [0.25, 0.3) is 0 Å². The van der Waals surface area contributed by atoms with Gasteiger partial charge in [0.25, 0.3) is 0 Å². The van der Waals surface area contributed by atoms with Crippen LogP contribution < -0.4 is 10.2 Å². The number of carbonyl (C=O) groups is 2. The van der Waals surface area contributed by atoms with Gasteiger partial charge in [-0.25, -0.2) is 4.79 Å². The van der Waals surface area contributed by atoms with Gasteiger partial charge >= 0.3 is 6.09 Å². The van der Waals surface area contributed by atoms with Crippen LogP contribution in [0.4, 0.5) is 16.2 Å². The second-order valence-electron chi connectivity index (χ2n) is 11.9. The van der Waals surface area contributed by atoms with E-state index in [4.69, 9.17) is 4.74 Å². The lowest BCUT2D eigenvalue weighted by Crippen LogP contribution is -2.65. The van der Waals surface area contributed by atoms with Crippen LogP contribution in [0, 0.1) is 13.8 Å². The molecule has 6 nitrogen and oxygen atoms in total. The molecule has 2 aliphatic heterocycles. The van der Waals surface area contributed by atoms with Gasteiger partial charge in [0.15, 0.2) is 0 Å². The zero-order valence-electron chi connectivity index (χ0n) is 22.6. The minimum absolute atomic E-state index is 0.0672. The van der Waals surface area contributed by atoms with Crippen molar-refractivity contribution in [3.8, 4) is 0 Å². The summed E-state index contributed by atoms with van der Waals surface area (Å²) >= 11 is 0. The van der Waals surface area contributed by atoms with Crippen molar-refractivity contribution in [2.75, 3.05) is 23.3 Å². The SMILES string of the molecule is Cc1cccc(C2(Nc3ccc4c(c3)N(C(C)C)C(=O)C4(C)C)CN(C(=O)OC(C)(C)C)C2)c1C. The molecule has 2 aromatic carbocycles. The van der Waals surface area contributed by atoms with Crippen LogP contribution in [-0.2, 0) is 20.5 Å². The van der Waals surface area contributed by atoms with E-state index in [2.05, 4.69) is 55.6 Å². The Morgan fingerprint density at radius 2 is 1.71 bits per heavy atom. The van der Waals surface area contributed by atoms with Crippen molar-refractivity contribution in [3.05, 3.63) is 58.7 Å². The zero-order chi connectivity index (χ0) is 25.9. The molecule has 188 valence electrons. The maximum Gasteiger partial charge on any atom is 0.410 e. The minimum atomic E-state index is -0.549. The first kappa shape index (κ1) is 25.1. The van der Waals surface area contributed by atoms with Crippen LogP contribution in [0.15, 0.2) is 36.4 Å². The molecule has 2 amide bonds. The zero-order valence-corrected chi connectivity index (χ0v) is 22.6. The molecule has 0 spiro atoms. The van der Waals surface area contributed by atoms with E-state index in [0.717, 1.165) is 16.9 Å². The molecule has 0 saturated carbocycles. The molecule has 35 heavy (non-hydrogen) atoms. The third-order valence-electron chi connectivity index (χ3n) is 7.28. The molecule has 2 heterocycles. The van der Waals surface area contributed by atoms with Gasteiger partial charge in [0.1, 0.15) is 5.60 Å². The molecule has 1 N–H and O–H groups in total. The van der Waals surface area contributed by atoms with E-state index in [0.29, 0.717) is 13.1 Å². The van der Waals surface area contributed by atoms with Crippen molar-refractivity contribution in [2.45, 2.75) is 84.9 Å². The number of benzene rings is 2. The van der Waals surface area contributed by atoms with E-state index in [1.807, 2.05) is 53.4 Å². The Morgan fingerprint density at radius 1 is 1.06 bits per heavy atom. The smallest absolute Gasteiger partial charge is 0.410 e. The molecule has 0 atom stereocenters. The highest BCUT2D eigenvalue weighted by atomic mass is 16.6. The molecule has 4 rings (SSSR count). The average Bonchev–Trinajstić information content (AvgIpc) is 2.90. The van der Waals surface area contributed by atoms with Gasteiger partial charge in [-0.3, -0.25) is 4.79 Å². The third-order valence-corrected chi connectivity index (χ3v) is 7.28.